The van der Waals surface area contributed by atoms with E-state index in [1.807, 2.05) is 42.5 Å². The Morgan fingerprint density at radius 2 is 1.82 bits per heavy atom. The Morgan fingerprint density at radius 1 is 1.09 bits per heavy atom. The van der Waals surface area contributed by atoms with Crippen LogP contribution in [0.1, 0.15) is 10.5 Å². The first-order valence-corrected chi connectivity index (χ1v) is 6.94. The summed E-state index contributed by atoms with van der Waals surface area (Å²) >= 11 is 5.88. The van der Waals surface area contributed by atoms with E-state index in [-0.39, 0.29) is 16.6 Å². The molecular weight excluding hydrogens is 302 g/mol. The monoisotopic (exact) mass is 313 g/mol. The van der Waals surface area contributed by atoms with Gasteiger partial charge in [-0.2, -0.15) is 5.10 Å². The van der Waals surface area contributed by atoms with Gasteiger partial charge in [0.1, 0.15) is 11.4 Å². The molecule has 3 rings (SSSR count). The Kier molecular flexibility index (Phi) is 4.07. The predicted molar refractivity (Wildman–Crippen MR) is 84.5 cm³/mol. The molecule has 0 bridgehead atoms. The summed E-state index contributed by atoms with van der Waals surface area (Å²) in [6, 6.07) is 16.5. The number of anilines is 1. The van der Waals surface area contributed by atoms with E-state index in [1.54, 1.807) is 12.1 Å². The van der Waals surface area contributed by atoms with Crippen molar-refractivity contribution in [2.75, 3.05) is 5.32 Å². The quantitative estimate of drug-likeness (QED) is 0.761. The van der Waals surface area contributed by atoms with E-state index in [0.29, 0.717) is 17.2 Å². The second-order valence-corrected chi connectivity index (χ2v) is 4.87. The van der Waals surface area contributed by atoms with Crippen LogP contribution in [-0.2, 0) is 0 Å². The van der Waals surface area contributed by atoms with Crippen molar-refractivity contribution >= 4 is 23.2 Å². The molecule has 110 valence electrons. The predicted octanol–water partition coefficient (Wildman–Crippen LogP) is 4.11. The van der Waals surface area contributed by atoms with E-state index < -0.39 is 0 Å². The van der Waals surface area contributed by atoms with Crippen LogP contribution in [0.3, 0.4) is 0 Å². The van der Waals surface area contributed by atoms with Crippen molar-refractivity contribution in [2.24, 2.45) is 0 Å². The Morgan fingerprint density at radius 3 is 2.55 bits per heavy atom. The number of H-pyrrole nitrogens is 1. The molecule has 1 heterocycles. The Hall–Kier alpha value is -2.79. The summed E-state index contributed by atoms with van der Waals surface area (Å²) in [6.45, 7) is 0. The van der Waals surface area contributed by atoms with Crippen molar-refractivity contribution in [3.05, 3.63) is 71.5 Å². The highest BCUT2D eigenvalue weighted by atomic mass is 35.5. The van der Waals surface area contributed by atoms with Crippen LogP contribution in [-0.4, -0.2) is 16.1 Å². The molecule has 5 nitrogen and oxygen atoms in total. The lowest BCUT2D eigenvalue weighted by Crippen LogP contribution is -2.13. The molecule has 0 atom stereocenters. The van der Waals surface area contributed by atoms with Crippen LogP contribution in [0.2, 0.25) is 5.02 Å². The van der Waals surface area contributed by atoms with Gasteiger partial charge in [0.05, 0.1) is 16.9 Å². The SMILES string of the molecule is O=C(Nc1ccccc1Oc1ccccc1)c1[nH]ncc1Cl. The van der Waals surface area contributed by atoms with Gasteiger partial charge in [-0.3, -0.25) is 9.89 Å². The first-order valence-electron chi connectivity index (χ1n) is 6.56. The largest absolute Gasteiger partial charge is 0.455 e. The summed E-state index contributed by atoms with van der Waals surface area (Å²) in [4.78, 5) is 12.2. The van der Waals surface area contributed by atoms with Crippen molar-refractivity contribution in [1.82, 2.24) is 10.2 Å². The van der Waals surface area contributed by atoms with E-state index in [4.69, 9.17) is 16.3 Å². The first-order chi connectivity index (χ1) is 10.7. The number of amides is 1. The molecule has 0 spiro atoms. The summed E-state index contributed by atoms with van der Waals surface area (Å²) in [5.41, 5.74) is 0.748. The maximum Gasteiger partial charge on any atom is 0.275 e. The zero-order valence-electron chi connectivity index (χ0n) is 11.4. The van der Waals surface area contributed by atoms with E-state index in [9.17, 15) is 4.79 Å². The summed E-state index contributed by atoms with van der Waals surface area (Å²) in [5.74, 6) is 0.841. The molecule has 2 aromatic carbocycles. The highest BCUT2D eigenvalue weighted by molar-refractivity contribution is 6.34. The van der Waals surface area contributed by atoms with Crippen molar-refractivity contribution in [3.8, 4) is 11.5 Å². The van der Waals surface area contributed by atoms with Gasteiger partial charge in [-0.15, -0.1) is 0 Å². The average Bonchev–Trinajstić information content (AvgIpc) is 2.96. The molecule has 0 unspecified atom stereocenters. The molecule has 0 aliphatic rings. The standard InChI is InChI=1S/C16H12ClN3O2/c17-12-10-18-20-15(12)16(21)19-13-8-4-5-9-14(13)22-11-6-2-1-3-7-11/h1-10H,(H,18,20)(H,19,21). The van der Waals surface area contributed by atoms with Crippen molar-refractivity contribution in [2.45, 2.75) is 0 Å². The first kappa shape index (κ1) is 14.2. The van der Waals surface area contributed by atoms with E-state index >= 15 is 0 Å². The van der Waals surface area contributed by atoms with Crippen molar-refractivity contribution in [3.63, 3.8) is 0 Å². The summed E-state index contributed by atoms with van der Waals surface area (Å²) in [6.07, 6.45) is 1.38. The maximum absolute atomic E-state index is 12.2. The fourth-order valence-corrected chi connectivity index (χ4v) is 2.07. The second-order valence-electron chi connectivity index (χ2n) is 4.46. The maximum atomic E-state index is 12.2. The lowest BCUT2D eigenvalue weighted by atomic mass is 10.2. The number of para-hydroxylation sites is 3. The molecule has 22 heavy (non-hydrogen) atoms. The minimum atomic E-state index is -0.383. The smallest absolute Gasteiger partial charge is 0.275 e. The Bertz CT molecular complexity index is 787. The van der Waals surface area contributed by atoms with Gasteiger partial charge in [0.25, 0.3) is 5.91 Å². The van der Waals surface area contributed by atoms with Crippen LogP contribution in [0.15, 0.2) is 60.8 Å². The molecule has 0 saturated carbocycles. The van der Waals surface area contributed by atoms with Gasteiger partial charge >= 0.3 is 0 Å². The minimum absolute atomic E-state index is 0.205. The van der Waals surface area contributed by atoms with Crippen molar-refractivity contribution < 1.29 is 9.53 Å². The normalized spacial score (nSPS) is 10.2. The van der Waals surface area contributed by atoms with Crippen LogP contribution >= 0.6 is 11.6 Å². The number of carbonyl (C=O) groups excluding carboxylic acids is 1. The average molecular weight is 314 g/mol. The van der Waals surface area contributed by atoms with E-state index in [1.165, 1.54) is 6.20 Å². The van der Waals surface area contributed by atoms with Gasteiger partial charge in [0.15, 0.2) is 5.75 Å². The third kappa shape index (κ3) is 3.10. The number of ether oxygens (including phenoxy) is 1. The third-order valence-electron chi connectivity index (χ3n) is 2.93. The molecule has 0 aliphatic carbocycles. The molecule has 1 amide bonds. The number of hydrogen-bond acceptors (Lipinski definition) is 3. The van der Waals surface area contributed by atoms with Crippen LogP contribution in [0, 0.1) is 0 Å². The molecule has 6 heteroatoms. The van der Waals surface area contributed by atoms with Crippen LogP contribution in [0.4, 0.5) is 5.69 Å². The number of benzene rings is 2. The minimum Gasteiger partial charge on any atom is -0.455 e. The number of aromatic amines is 1. The number of carbonyl (C=O) groups is 1. The van der Waals surface area contributed by atoms with Gasteiger partial charge in [-0.05, 0) is 24.3 Å². The summed E-state index contributed by atoms with van der Waals surface area (Å²) in [7, 11) is 0. The molecular formula is C16H12ClN3O2. The highest BCUT2D eigenvalue weighted by Gasteiger charge is 2.14. The molecule has 0 radical (unpaired) electrons. The van der Waals surface area contributed by atoms with E-state index in [0.717, 1.165) is 0 Å². The molecule has 2 N–H and O–H groups in total. The zero-order chi connectivity index (χ0) is 15.4. The number of nitrogens with one attached hydrogen (secondary N) is 2. The van der Waals surface area contributed by atoms with Gasteiger partial charge in [0.2, 0.25) is 0 Å². The lowest BCUT2D eigenvalue weighted by molar-refractivity contribution is 0.102. The molecule has 0 fully saturated rings. The van der Waals surface area contributed by atoms with Crippen LogP contribution in [0.5, 0.6) is 11.5 Å². The van der Waals surface area contributed by atoms with Gasteiger partial charge in [-0.25, -0.2) is 0 Å². The zero-order valence-corrected chi connectivity index (χ0v) is 12.2. The Labute approximate surface area is 131 Å². The molecule has 0 aliphatic heterocycles. The van der Waals surface area contributed by atoms with Crippen LogP contribution in [0.25, 0.3) is 0 Å². The fourth-order valence-electron chi connectivity index (χ4n) is 1.89. The lowest BCUT2D eigenvalue weighted by Gasteiger charge is -2.11. The van der Waals surface area contributed by atoms with Crippen molar-refractivity contribution in [1.29, 1.82) is 0 Å². The highest BCUT2D eigenvalue weighted by Crippen LogP contribution is 2.29. The Balaban J connectivity index is 1.83. The number of rotatable bonds is 4. The number of hydrogen-bond donors (Lipinski definition) is 2. The molecule has 1 aromatic heterocycles. The van der Waals surface area contributed by atoms with Gasteiger partial charge < -0.3 is 10.1 Å². The molecule has 0 saturated heterocycles. The fraction of sp³-hybridized carbons (Fsp3) is 0. The topological polar surface area (TPSA) is 67.0 Å². The third-order valence-corrected chi connectivity index (χ3v) is 3.21. The summed E-state index contributed by atoms with van der Waals surface area (Å²) < 4.78 is 5.78. The van der Waals surface area contributed by atoms with Crippen LogP contribution < -0.4 is 10.1 Å². The van der Waals surface area contributed by atoms with Gasteiger partial charge in [-0.1, -0.05) is 41.9 Å². The number of nitrogens with zero attached hydrogens (tertiary/aromatic N) is 1. The number of halogens is 1. The number of aromatic nitrogens is 2. The van der Waals surface area contributed by atoms with E-state index in [2.05, 4.69) is 15.5 Å². The molecule has 3 aromatic rings. The summed E-state index contributed by atoms with van der Waals surface area (Å²) in [5, 5.41) is 9.30. The van der Waals surface area contributed by atoms with Gasteiger partial charge in [0, 0.05) is 0 Å². The second kappa shape index (κ2) is 6.32.